The summed E-state index contributed by atoms with van der Waals surface area (Å²) in [5, 5.41) is 1.61. The number of fused-ring (bicyclic) bond motifs is 1. The fraction of sp³-hybridized carbons (Fsp3) is 0.500. The van der Waals surface area contributed by atoms with E-state index < -0.39 is 62.5 Å². The Balaban J connectivity index is 2.02. The molecular formula is C12H9F6N3O2S. The zero-order valence-electron chi connectivity index (χ0n) is 11.6. The number of sulfone groups is 1. The molecule has 0 fully saturated rings. The monoisotopic (exact) mass is 373 g/mol. The second-order valence-corrected chi connectivity index (χ2v) is 7.23. The average molecular weight is 373 g/mol. The van der Waals surface area contributed by atoms with E-state index in [1.54, 1.807) is 0 Å². The van der Waals surface area contributed by atoms with Crippen LogP contribution in [0.3, 0.4) is 0 Å². The van der Waals surface area contributed by atoms with E-state index in [1.165, 1.54) is 0 Å². The molecule has 1 unspecified atom stereocenters. The van der Waals surface area contributed by atoms with E-state index in [2.05, 4.69) is 10.1 Å². The van der Waals surface area contributed by atoms with Crippen LogP contribution in [0.25, 0.3) is 0 Å². The summed E-state index contributed by atoms with van der Waals surface area (Å²) >= 11 is 0. The van der Waals surface area contributed by atoms with Crippen LogP contribution < -0.4 is 0 Å². The summed E-state index contributed by atoms with van der Waals surface area (Å²) in [4.78, 5) is 3.12. The van der Waals surface area contributed by atoms with Gasteiger partial charge in [0.15, 0.2) is 12.0 Å². The highest BCUT2D eigenvalue weighted by molar-refractivity contribution is 7.92. The van der Waals surface area contributed by atoms with Crippen molar-refractivity contribution in [3.63, 3.8) is 0 Å². The first-order chi connectivity index (χ1) is 11.0. The highest BCUT2D eigenvalue weighted by Crippen LogP contribution is 2.46. The molecule has 0 amide bonds. The minimum absolute atomic E-state index is 0.388. The molecular weight excluding hydrogens is 364 g/mol. The van der Waals surface area contributed by atoms with Gasteiger partial charge < -0.3 is 0 Å². The topological polar surface area (TPSA) is 64.8 Å². The quantitative estimate of drug-likeness (QED) is 0.747. The van der Waals surface area contributed by atoms with Crippen molar-refractivity contribution in [2.75, 3.05) is 0 Å². The highest BCUT2D eigenvalue weighted by atomic mass is 32.2. The van der Waals surface area contributed by atoms with Crippen molar-refractivity contribution in [1.82, 2.24) is 14.8 Å². The van der Waals surface area contributed by atoms with Gasteiger partial charge in [-0.1, -0.05) is 0 Å². The Morgan fingerprint density at radius 2 is 1.88 bits per heavy atom. The normalized spacial score (nSPS) is 27.7. The maximum atomic E-state index is 14.0. The van der Waals surface area contributed by atoms with Gasteiger partial charge in [-0.15, -0.1) is 5.10 Å². The molecule has 5 nitrogen and oxygen atoms in total. The van der Waals surface area contributed by atoms with E-state index in [1.807, 2.05) is 0 Å². The van der Waals surface area contributed by atoms with Crippen molar-refractivity contribution in [2.24, 2.45) is 5.92 Å². The Kier molecular flexibility index (Phi) is 3.77. The number of halogens is 6. The third kappa shape index (κ3) is 2.52. The molecule has 24 heavy (non-hydrogen) atoms. The standard InChI is InChI=1S/C12H9F6N3O2S/c13-5-1-2-7(14)6(3-5)9-4-8(15)10-19-11(20-21(9)10)24(22,23)12(16,17)18/h1-2,6,8-9H,3-4H2/t6?,8-,9-/m0/s1. The van der Waals surface area contributed by atoms with Crippen molar-refractivity contribution in [1.29, 1.82) is 0 Å². The fourth-order valence-electron chi connectivity index (χ4n) is 2.73. The van der Waals surface area contributed by atoms with E-state index in [4.69, 9.17) is 0 Å². The van der Waals surface area contributed by atoms with Gasteiger partial charge in [0, 0.05) is 18.8 Å². The molecule has 0 N–H and O–H groups in total. The Bertz CT molecular complexity index is 841. The molecule has 0 bridgehead atoms. The van der Waals surface area contributed by atoms with Gasteiger partial charge in [-0.2, -0.15) is 18.2 Å². The molecule has 3 atom stereocenters. The third-order valence-corrected chi connectivity index (χ3v) is 5.15. The Labute approximate surface area is 131 Å². The summed E-state index contributed by atoms with van der Waals surface area (Å²) in [5.41, 5.74) is -5.65. The summed E-state index contributed by atoms with van der Waals surface area (Å²) in [6, 6.07) is -1.17. The first-order valence-electron chi connectivity index (χ1n) is 6.66. The molecule has 1 aliphatic carbocycles. The van der Waals surface area contributed by atoms with Crippen LogP contribution in [0.4, 0.5) is 26.3 Å². The average Bonchev–Trinajstić information content (AvgIpc) is 3.02. The lowest BCUT2D eigenvalue weighted by Crippen LogP contribution is -2.25. The fourth-order valence-corrected chi connectivity index (χ4v) is 3.35. The first-order valence-corrected chi connectivity index (χ1v) is 8.14. The van der Waals surface area contributed by atoms with Gasteiger partial charge >= 0.3 is 15.3 Å². The molecule has 3 rings (SSSR count). The van der Waals surface area contributed by atoms with Crippen molar-refractivity contribution < 1.29 is 34.8 Å². The number of allylic oxidation sites excluding steroid dienone is 4. The van der Waals surface area contributed by atoms with Gasteiger partial charge in [0.25, 0.3) is 5.16 Å². The lowest BCUT2D eigenvalue weighted by Gasteiger charge is -2.23. The predicted octanol–water partition coefficient (Wildman–Crippen LogP) is 3.25. The molecule has 0 saturated heterocycles. The lowest BCUT2D eigenvalue weighted by molar-refractivity contribution is -0.0440. The highest BCUT2D eigenvalue weighted by Gasteiger charge is 2.52. The molecule has 1 aliphatic heterocycles. The number of nitrogens with zero attached hydrogens (tertiary/aromatic N) is 3. The second kappa shape index (κ2) is 5.33. The van der Waals surface area contributed by atoms with Crippen LogP contribution in [0.1, 0.15) is 30.9 Å². The molecule has 0 aromatic carbocycles. The third-order valence-electron chi connectivity index (χ3n) is 3.88. The SMILES string of the molecule is O=S(=O)(c1nc2n(n1)[C@H](C1CC(F)=CC=C1F)C[C@@H]2F)C(F)(F)F. The van der Waals surface area contributed by atoms with E-state index in [9.17, 15) is 34.8 Å². The molecule has 0 spiro atoms. The van der Waals surface area contributed by atoms with Crippen molar-refractivity contribution in [3.05, 3.63) is 29.6 Å². The predicted molar refractivity (Wildman–Crippen MR) is 67.3 cm³/mol. The summed E-state index contributed by atoms with van der Waals surface area (Å²) in [5.74, 6) is -3.33. The van der Waals surface area contributed by atoms with Crippen molar-refractivity contribution in [2.45, 2.75) is 35.7 Å². The minimum atomic E-state index is -5.86. The van der Waals surface area contributed by atoms with Crippen LogP contribution in [0.15, 0.2) is 29.0 Å². The molecule has 0 radical (unpaired) electrons. The Morgan fingerprint density at radius 1 is 1.21 bits per heavy atom. The van der Waals surface area contributed by atoms with E-state index in [-0.39, 0.29) is 6.42 Å². The van der Waals surface area contributed by atoms with Crippen LogP contribution in [-0.2, 0) is 9.84 Å². The van der Waals surface area contributed by atoms with Crippen LogP contribution in [-0.4, -0.2) is 28.7 Å². The Morgan fingerprint density at radius 3 is 2.50 bits per heavy atom. The van der Waals surface area contributed by atoms with E-state index in [0.29, 0.717) is 4.68 Å². The van der Waals surface area contributed by atoms with E-state index >= 15 is 0 Å². The smallest absolute Gasteiger partial charge is 0.242 e. The van der Waals surface area contributed by atoms with Crippen molar-refractivity contribution in [3.8, 4) is 0 Å². The minimum Gasteiger partial charge on any atom is -0.242 e. The summed E-state index contributed by atoms with van der Waals surface area (Å²) in [6.45, 7) is 0. The zero-order chi connectivity index (χ0) is 17.9. The zero-order valence-corrected chi connectivity index (χ0v) is 12.5. The van der Waals surface area contributed by atoms with Crippen LogP contribution in [0, 0.1) is 5.92 Å². The largest absolute Gasteiger partial charge is 0.505 e. The number of rotatable bonds is 2. The number of alkyl halides is 4. The van der Waals surface area contributed by atoms with Gasteiger partial charge in [-0.05, 0) is 12.2 Å². The van der Waals surface area contributed by atoms with E-state index in [0.717, 1.165) is 12.2 Å². The van der Waals surface area contributed by atoms with Gasteiger partial charge in [0.05, 0.1) is 6.04 Å². The molecule has 1 aromatic heterocycles. The number of aromatic nitrogens is 3. The van der Waals surface area contributed by atoms with Gasteiger partial charge in [-0.3, -0.25) is 0 Å². The number of hydrogen-bond donors (Lipinski definition) is 0. The maximum absolute atomic E-state index is 14.0. The molecule has 2 heterocycles. The van der Waals surface area contributed by atoms with Gasteiger partial charge in [0.2, 0.25) is 0 Å². The van der Waals surface area contributed by atoms with Gasteiger partial charge in [-0.25, -0.2) is 26.3 Å². The molecule has 1 aromatic rings. The summed E-state index contributed by atoms with van der Waals surface area (Å²) < 4.78 is 102. The molecule has 132 valence electrons. The molecule has 12 heteroatoms. The second-order valence-electron chi connectivity index (χ2n) is 5.39. The summed E-state index contributed by atoms with van der Waals surface area (Å²) in [6.07, 6.45) is -1.03. The number of hydrogen-bond acceptors (Lipinski definition) is 4. The molecule has 2 aliphatic rings. The summed E-state index contributed by atoms with van der Waals surface area (Å²) in [7, 11) is -5.86. The van der Waals surface area contributed by atoms with Crippen LogP contribution in [0.2, 0.25) is 0 Å². The Hall–Kier alpha value is -1.85. The van der Waals surface area contributed by atoms with Crippen LogP contribution in [0.5, 0.6) is 0 Å². The molecule has 0 saturated carbocycles. The van der Waals surface area contributed by atoms with Gasteiger partial charge in [0.1, 0.15) is 11.7 Å². The van der Waals surface area contributed by atoms with Crippen LogP contribution >= 0.6 is 0 Å². The first kappa shape index (κ1) is 17.0. The maximum Gasteiger partial charge on any atom is 0.505 e. The van der Waals surface area contributed by atoms with Crippen molar-refractivity contribution >= 4 is 9.84 Å². The lowest BCUT2D eigenvalue weighted by atomic mass is 9.89.